The van der Waals surface area contributed by atoms with Crippen molar-refractivity contribution in [3.05, 3.63) is 35.8 Å². The Morgan fingerprint density at radius 2 is 1.75 bits per heavy atom. The number of aromatic nitrogens is 5. The Balaban J connectivity index is 2.06. The molecular formula is C17H17N5O2. The van der Waals surface area contributed by atoms with Gasteiger partial charge in [-0.1, -0.05) is 0 Å². The van der Waals surface area contributed by atoms with Gasteiger partial charge in [-0.2, -0.15) is 10.2 Å². The second-order valence-corrected chi connectivity index (χ2v) is 5.67. The Hall–Kier alpha value is -3.09. The molecule has 0 aliphatic carbocycles. The number of nitrogens with one attached hydrogen (secondary N) is 1. The van der Waals surface area contributed by atoms with Crippen LogP contribution in [0.1, 0.15) is 11.4 Å². The Bertz CT molecular complexity index is 1060. The maximum Gasteiger partial charge on any atom is 0.200 e. The third-order valence-electron chi connectivity index (χ3n) is 4.12. The molecule has 7 heteroatoms. The van der Waals surface area contributed by atoms with E-state index >= 15 is 0 Å². The molecule has 0 atom stereocenters. The number of aromatic amines is 1. The molecule has 0 aliphatic heterocycles. The highest BCUT2D eigenvalue weighted by atomic mass is 16.5. The summed E-state index contributed by atoms with van der Waals surface area (Å²) in [7, 11) is 3.25. The molecule has 0 radical (unpaired) electrons. The van der Waals surface area contributed by atoms with Gasteiger partial charge in [-0.15, -0.1) is 5.10 Å². The maximum atomic E-state index is 5.41. The Morgan fingerprint density at radius 3 is 2.42 bits per heavy atom. The number of H-pyrrole nitrogens is 1. The minimum Gasteiger partial charge on any atom is -0.493 e. The molecule has 24 heavy (non-hydrogen) atoms. The zero-order valence-electron chi connectivity index (χ0n) is 13.9. The minimum atomic E-state index is 0.671. The first-order valence-corrected chi connectivity index (χ1v) is 7.55. The highest BCUT2D eigenvalue weighted by molar-refractivity contribution is 6.09. The fourth-order valence-electron chi connectivity index (χ4n) is 3.04. The van der Waals surface area contributed by atoms with Gasteiger partial charge in [0.05, 0.1) is 37.1 Å². The van der Waals surface area contributed by atoms with Crippen LogP contribution in [0.4, 0.5) is 0 Å². The third kappa shape index (κ3) is 2.01. The first-order valence-electron chi connectivity index (χ1n) is 7.55. The molecule has 4 rings (SSSR count). The van der Waals surface area contributed by atoms with E-state index in [0.717, 1.165) is 33.2 Å². The van der Waals surface area contributed by atoms with E-state index in [-0.39, 0.29) is 0 Å². The summed E-state index contributed by atoms with van der Waals surface area (Å²) in [6.45, 7) is 3.95. The van der Waals surface area contributed by atoms with Crippen molar-refractivity contribution in [2.75, 3.05) is 14.2 Å². The number of aryl methyl sites for hydroxylation is 2. The number of rotatable bonds is 3. The SMILES string of the molecule is COc1cc2[nH]c3c(-n4nc(C)cc4C)nncc3c2cc1OC. The molecule has 0 bridgehead atoms. The van der Waals surface area contributed by atoms with Gasteiger partial charge in [-0.05, 0) is 26.0 Å². The molecule has 3 aromatic heterocycles. The van der Waals surface area contributed by atoms with Crippen LogP contribution in [0.2, 0.25) is 0 Å². The summed E-state index contributed by atoms with van der Waals surface area (Å²) in [6.07, 6.45) is 1.75. The van der Waals surface area contributed by atoms with E-state index in [2.05, 4.69) is 20.3 Å². The largest absolute Gasteiger partial charge is 0.493 e. The van der Waals surface area contributed by atoms with E-state index < -0.39 is 0 Å². The molecular weight excluding hydrogens is 306 g/mol. The van der Waals surface area contributed by atoms with Crippen molar-refractivity contribution in [1.82, 2.24) is 25.0 Å². The van der Waals surface area contributed by atoms with Gasteiger partial charge < -0.3 is 14.5 Å². The normalized spacial score (nSPS) is 11.3. The predicted molar refractivity (Wildman–Crippen MR) is 91.1 cm³/mol. The molecule has 7 nitrogen and oxygen atoms in total. The van der Waals surface area contributed by atoms with Crippen molar-refractivity contribution in [1.29, 1.82) is 0 Å². The lowest BCUT2D eigenvalue weighted by atomic mass is 10.2. The van der Waals surface area contributed by atoms with Crippen LogP contribution >= 0.6 is 0 Å². The summed E-state index contributed by atoms with van der Waals surface area (Å²) in [6, 6.07) is 5.87. The van der Waals surface area contributed by atoms with Crippen LogP contribution in [-0.4, -0.2) is 39.2 Å². The van der Waals surface area contributed by atoms with Crippen molar-refractivity contribution < 1.29 is 9.47 Å². The monoisotopic (exact) mass is 323 g/mol. The number of fused-ring (bicyclic) bond motifs is 3. The summed E-state index contributed by atoms with van der Waals surface area (Å²) in [5.74, 6) is 2.02. The van der Waals surface area contributed by atoms with Gasteiger partial charge in [0, 0.05) is 22.5 Å². The lowest BCUT2D eigenvalue weighted by Gasteiger charge is -2.06. The van der Waals surface area contributed by atoms with Crippen molar-refractivity contribution in [2.24, 2.45) is 0 Å². The molecule has 0 fully saturated rings. The second kappa shape index (κ2) is 5.23. The molecule has 1 N–H and O–H groups in total. The summed E-state index contributed by atoms with van der Waals surface area (Å²) in [4.78, 5) is 3.41. The molecule has 0 spiro atoms. The minimum absolute atomic E-state index is 0.671. The van der Waals surface area contributed by atoms with E-state index in [1.807, 2.05) is 32.0 Å². The van der Waals surface area contributed by atoms with Gasteiger partial charge in [0.1, 0.15) is 0 Å². The van der Waals surface area contributed by atoms with Crippen LogP contribution in [0.15, 0.2) is 24.4 Å². The number of methoxy groups -OCH3 is 2. The van der Waals surface area contributed by atoms with Gasteiger partial charge in [0.15, 0.2) is 17.3 Å². The van der Waals surface area contributed by atoms with Crippen LogP contribution in [0.5, 0.6) is 11.5 Å². The topological polar surface area (TPSA) is 77.9 Å². The fourth-order valence-corrected chi connectivity index (χ4v) is 3.04. The molecule has 4 aromatic rings. The number of benzene rings is 1. The van der Waals surface area contributed by atoms with Gasteiger partial charge in [-0.25, -0.2) is 4.68 Å². The Kier molecular flexibility index (Phi) is 3.16. The van der Waals surface area contributed by atoms with E-state index in [1.54, 1.807) is 25.1 Å². The van der Waals surface area contributed by atoms with Gasteiger partial charge in [0.2, 0.25) is 0 Å². The first-order chi connectivity index (χ1) is 11.6. The zero-order chi connectivity index (χ0) is 16.8. The van der Waals surface area contributed by atoms with E-state index in [1.165, 1.54) is 0 Å². The van der Waals surface area contributed by atoms with E-state index in [0.29, 0.717) is 17.3 Å². The standard InChI is InChI=1S/C17H17N5O2/c1-9-5-10(2)22(21-9)17-16-12(8-18-20-17)11-6-14(23-3)15(24-4)7-13(11)19-16/h5-8,19H,1-4H3. The average molecular weight is 323 g/mol. The van der Waals surface area contributed by atoms with Crippen LogP contribution in [-0.2, 0) is 0 Å². The average Bonchev–Trinajstić information content (AvgIpc) is 3.12. The van der Waals surface area contributed by atoms with E-state index in [9.17, 15) is 0 Å². The van der Waals surface area contributed by atoms with Crippen molar-refractivity contribution in [3.63, 3.8) is 0 Å². The maximum absolute atomic E-state index is 5.41. The Morgan fingerprint density at radius 1 is 1.00 bits per heavy atom. The van der Waals surface area contributed by atoms with Gasteiger partial charge in [0.25, 0.3) is 0 Å². The van der Waals surface area contributed by atoms with Crippen molar-refractivity contribution >= 4 is 21.8 Å². The highest BCUT2D eigenvalue weighted by Gasteiger charge is 2.16. The molecule has 0 amide bonds. The molecule has 0 saturated carbocycles. The molecule has 0 aliphatic rings. The number of nitrogens with zero attached hydrogens (tertiary/aromatic N) is 4. The summed E-state index contributed by atoms with van der Waals surface area (Å²) in [5, 5.41) is 14.9. The summed E-state index contributed by atoms with van der Waals surface area (Å²) in [5.41, 5.74) is 3.75. The molecule has 3 heterocycles. The smallest absolute Gasteiger partial charge is 0.200 e. The number of ether oxygens (including phenoxy) is 2. The van der Waals surface area contributed by atoms with Crippen molar-refractivity contribution in [2.45, 2.75) is 13.8 Å². The van der Waals surface area contributed by atoms with Gasteiger partial charge >= 0.3 is 0 Å². The molecule has 0 saturated heterocycles. The molecule has 0 unspecified atom stereocenters. The quantitative estimate of drug-likeness (QED) is 0.627. The zero-order valence-corrected chi connectivity index (χ0v) is 13.9. The van der Waals surface area contributed by atoms with Crippen LogP contribution in [0, 0.1) is 13.8 Å². The van der Waals surface area contributed by atoms with Gasteiger partial charge in [-0.3, -0.25) is 0 Å². The number of hydrogen-bond donors (Lipinski definition) is 1. The predicted octanol–water partition coefficient (Wildman–Crippen LogP) is 2.93. The summed E-state index contributed by atoms with van der Waals surface area (Å²) < 4.78 is 12.6. The molecule has 122 valence electrons. The lowest BCUT2D eigenvalue weighted by molar-refractivity contribution is 0.356. The summed E-state index contributed by atoms with van der Waals surface area (Å²) >= 11 is 0. The third-order valence-corrected chi connectivity index (χ3v) is 4.12. The van der Waals surface area contributed by atoms with Crippen molar-refractivity contribution in [3.8, 4) is 17.3 Å². The van der Waals surface area contributed by atoms with Crippen LogP contribution < -0.4 is 9.47 Å². The number of hydrogen-bond acceptors (Lipinski definition) is 5. The lowest BCUT2D eigenvalue weighted by Crippen LogP contribution is -2.04. The molecule has 1 aromatic carbocycles. The first kappa shape index (κ1) is 14.5. The van der Waals surface area contributed by atoms with E-state index in [4.69, 9.17) is 9.47 Å². The fraction of sp³-hybridized carbons (Fsp3) is 0.235. The van der Waals surface area contributed by atoms with Crippen LogP contribution in [0.25, 0.3) is 27.6 Å². The highest BCUT2D eigenvalue weighted by Crippen LogP contribution is 2.36. The Labute approximate surface area is 138 Å². The van der Waals surface area contributed by atoms with Crippen LogP contribution in [0.3, 0.4) is 0 Å². The second-order valence-electron chi connectivity index (χ2n) is 5.67.